The lowest BCUT2D eigenvalue weighted by Crippen LogP contribution is -2.01. The number of aliphatic imine (C=N–C) groups is 1. The van der Waals surface area contributed by atoms with Crippen LogP contribution >= 0.6 is 0 Å². The molecule has 0 aliphatic heterocycles. The lowest BCUT2D eigenvalue weighted by atomic mass is 9.81. The van der Waals surface area contributed by atoms with Gasteiger partial charge in [0.15, 0.2) is 0 Å². The lowest BCUT2D eigenvalue weighted by Gasteiger charge is -2.22. The highest BCUT2D eigenvalue weighted by Gasteiger charge is 2.22. The predicted molar refractivity (Wildman–Crippen MR) is 250 cm³/mol. The topological polar surface area (TPSA) is 12.4 Å². The van der Waals surface area contributed by atoms with Crippen molar-refractivity contribution >= 4 is 70.3 Å². The van der Waals surface area contributed by atoms with Crippen LogP contribution < -0.4 is 0 Å². The summed E-state index contributed by atoms with van der Waals surface area (Å²) >= 11 is 0. The van der Waals surface area contributed by atoms with Crippen LogP contribution in [0.1, 0.15) is 44.9 Å². The van der Waals surface area contributed by atoms with Gasteiger partial charge in [0.05, 0.1) is 11.8 Å². The Balaban J connectivity index is 0.00000208. The molecule has 0 heterocycles. The van der Waals surface area contributed by atoms with Gasteiger partial charge in [-0.15, -0.1) is 0 Å². The van der Waals surface area contributed by atoms with E-state index in [1.165, 1.54) is 92.5 Å². The molecule has 1 heteroatoms. The fraction of sp³-hybridized carbons (Fsp3) is 0.0893. The van der Waals surface area contributed by atoms with Gasteiger partial charge in [-0.25, -0.2) is 0 Å². The van der Waals surface area contributed by atoms with E-state index in [4.69, 9.17) is 4.99 Å². The molecule has 10 rings (SSSR count). The molecule has 0 fully saturated rings. The Morgan fingerprint density at radius 1 is 0.421 bits per heavy atom. The third-order valence-electron chi connectivity index (χ3n) is 11.3. The number of benzene rings is 10. The average molecular weight is 732 g/mol. The SMILES string of the molecule is C/C=C\C(=NC(C)c1ccc2c(-c3cc4ccccc4c4ccccc34)c3ccccc3c(-c3cc4ccccc4c4ccccc34)c2c1)c1ccccc1.CC. The zero-order valence-electron chi connectivity index (χ0n) is 33.0. The number of fused-ring (bicyclic) bond motifs is 8. The van der Waals surface area contributed by atoms with Gasteiger partial charge in [-0.2, -0.15) is 0 Å². The number of allylic oxidation sites excluding steroid dienone is 2. The number of hydrogen-bond acceptors (Lipinski definition) is 1. The van der Waals surface area contributed by atoms with Gasteiger partial charge in [-0.1, -0.05) is 184 Å². The number of hydrogen-bond donors (Lipinski definition) is 0. The quantitative estimate of drug-likeness (QED) is 0.0917. The molecule has 10 aromatic carbocycles. The minimum Gasteiger partial charge on any atom is -0.277 e. The first-order valence-electron chi connectivity index (χ1n) is 20.2. The van der Waals surface area contributed by atoms with Crippen molar-refractivity contribution in [1.82, 2.24) is 0 Å². The summed E-state index contributed by atoms with van der Waals surface area (Å²) in [7, 11) is 0. The van der Waals surface area contributed by atoms with Crippen molar-refractivity contribution in [3.05, 3.63) is 205 Å². The maximum absolute atomic E-state index is 5.35. The Morgan fingerprint density at radius 3 is 1.37 bits per heavy atom. The molecule has 0 saturated carbocycles. The van der Waals surface area contributed by atoms with Crippen LogP contribution in [0.5, 0.6) is 0 Å². The van der Waals surface area contributed by atoms with Gasteiger partial charge in [0.2, 0.25) is 0 Å². The fourth-order valence-electron chi connectivity index (χ4n) is 8.82. The molecule has 0 spiro atoms. The van der Waals surface area contributed by atoms with Crippen LogP contribution in [0.15, 0.2) is 199 Å². The Kier molecular flexibility index (Phi) is 9.66. The zero-order chi connectivity index (χ0) is 38.9. The summed E-state index contributed by atoms with van der Waals surface area (Å²) in [5.74, 6) is 0. The monoisotopic (exact) mass is 731 g/mol. The van der Waals surface area contributed by atoms with Crippen LogP contribution in [-0.4, -0.2) is 5.71 Å². The molecular weight excluding hydrogens is 687 g/mol. The summed E-state index contributed by atoms with van der Waals surface area (Å²) in [6.07, 6.45) is 4.20. The second-order valence-electron chi connectivity index (χ2n) is 14.5. The van der Waals surface area contributed by atoms with Crippen LogP contribution in [-0.2, 0) is 0 Å². The number of rotatable bonds is 6. The first-order chi connectivity index (χ1) is 28.2. The van der Waals surface area contributed by atoms with E-state index < -0.39 is 0 Å². The maximum atomic E-state index is 5.35. The van der Waals surface area contributed by atoms with E-state index in [2.05, 4.69) is 208 Å². The molecule has 274 valence electrons. The normalized spacial score (nSPS) is 12.5. The third-order valence-corrected chi connectivity index (χ3v) is 11.3. The molecule has 0 amide bonds. The van der Waals surface area contributed by atoms with E-state index in [0.717, 1.165) is 11.3 Å². The zero-order valence-corrected chi connectivity index (χ0v) is 33.0. The van der Waals surface area contributed by atoms with Crippen LogP contribution in [0, 0.1) is 0 Å². The van der Waals surface area contributed by atoms with Crippen molar-refractivity contribution in [3.8, 4) is 22.3 Å². The van der Waals surface area contributed by atoms with Gasteiger partial charge in [-0.3, -0.25) is 4.99 Å². The van der Waals surface area contributed by atoms with Gasteiger partial charge in [0, 0.05) is 0 Å². The van der Waals surface area contributed by atoms with E-state index in [1.807, 2.05) is 13.8 Å². The first kappa shape index (κ1) is 35.8. The minimum absolute atomic E-state index is 0.0755. The molecule has 0 aromatic heterocycles. The molecule has 1 atom stereocenters. The van der Waals surface area contributed by atoms with Gasteiger partial charge in [-0.05, 0) is 136 Å². The first-order valence-corrected chi connectivity index (χ1v) is 20.2. The molecule has 0 radical (unpaired) electrons. The highest BCUT2D eigenvalue weighted by atomic mass is 14.8. The largest absolute Gasteiger partial charge is 0.277 e. The van der Waals surface area contributed by atoms with E-state index in [-0.39, 0.29) is 6.04 Å². The second kappa shape index (κ2) is 15.4. The fourth-order valence-corrected chi connectivity index (χ4v) is 8.82. The molecule has 10 aromatic rings. The summed E-state index contributed by atoms with van der Waals surface area (Å²) in [5.41, 5.74) is 8.31. The second-order valence-corrected chi connectivity index (χ2v) is 14.5. The maximum Gasteiger partial charge on any atom is 0.0728 e. The van der Waals surface area contributed by atoms with E-state index in [1.54, 1.807) is 0 Å². The molecule has 1 nitrogen and oxygen atoms in total. The van der Waals surface area contributed by atoms with Gasteiger partial charge >= 0.3 is 0 Å². The van der Waals surface area contributed by atoms with Crippen molar-refractivity contribution in [2.24, 2.45) is 4.99 Å². The van der Waals surface area contributed by atoms with Gasteiger partial charge < -0.3 is 0 Å². The standard InChI is InChI=1S/C54H39N.C2H6/c1-3-17-52(36-18-5-4-6-19-36)55-35(2)37-30-31-48-51(32-37)54(50-34-39-21-8-10-23-41(39)43-25-12-14-27-45(43)50)47-29-16-15-28-46(47)53(48)49-33-38-20-7-9-22-40(38)42-24-11-13-26-44(42)49;1-2/h3-35H,1-2H3;1-2H3/b17-3-,55-52?;. The Bertz CT molecular complexity index is 3170. The summed E-state index contributed by atoms with van der Waals surface area (Å²) in [5, 5.41) is 15.1. The summed E-state index contributed by atoms with van der Waals surface area (Å²) in [4.78, 5) is 5.35. The smallest absolute Gasteiger partial charge is 0.0728 e. The molecule has 0 aliphatic carbocycles. The van der Waals surface area contributed by atoms with Crippen molar-refractivity contribution in [1.29, 1.82) is 0 Å². The Labute approximate surface area is 335 Å². The predicted octanol–water partition coefficient (Wildman–Crippen LogP) is 16.1. The van der Waals surface area contributed by atoms with Crippen LogP contribution in [0.3, 0.4) is 0 Å². The highest BCUT2D eigenvalue weighted by molar-refractivity contribution is 6.28. The van der Waals surface area contributed by atoms with Crippen molar-refractivity contribution in [2.75, 3.05) is 0 Å². The minimum atomic E-state index is -0.0755. The Morgan fingerprint density at radius 2 is 0.842 bits per heavy atom. The third kappa shape index (κ3) is 6.26. The van der Waals surface area contributed by atoms with Crippen LogP contribution in [0.25, 0.3) is 86.9 Å². The van der Waals surface area contributed by atoms with E-state index in [9.17, 15) is 0 Å². The molecule has 57 heavy (non-hydrogen) atoms. The van der Waals surface area contributed by atoms with Crippen LogP contribution in [0.4, 0.5) is 0 Å². The Hall–Kier alpha value is -6.83. The van der Waals surface area contributed by atoms with Gasteiger partial charge in [0.1, 0.15) is 0 Å². The van der Waals surface area contributed by atoms with Crippen LogP contribution in [0.2, 0.25) is 0 Å². The summed E-state index contributed by atoms with van der Waals surface area (Å²) < 4.78 is 0. The molecule has 1 unspecified atom stereocenters. The van der Waals surface area contributed by atoms with Gasteiger partial charge in [0.25, 0.3) is 0 Å². The molecule has 0 aliphatic rings. The molecule has 0 N–H and O–H groups in total. The lowest BCUT2D eigenvalue weighted by molar-refractivity contribution is 0.823. The van der Waals surface area contributed by atoms with E-state index >= 15 is 0 Å². The average Bonchev–Trinajstić information content (AvgIpc) is 3.28. The highest BCUT2D eigenvalue weighted by Crippen LogP contribution is 2.49. The summed E-state index contributed by atoms with van der Waals surface area (Å²) in [6, 6.07) is 66.8. The van der Waals surface area contributed by atoms with Crippen molar-refractivity contribution < 1.29 is 0 Å². The van der Waals surface area contributed by atoms with Crippen molar-refractivity contribution in [3.63, 3.8) is 0 Å². The van der Waals surface area contributed by atoms with E-state index in [0.29, 0.717) is 0 Å². The molecule has 0 saturated heterocycles. The molecular formula is C56H45N. The number of nitrogens with zero attached hydrogens (tertiary/aromatic N) is 1. The van der Waals surface area contributed by atoms with Crippen molar-refractivity contribution in [2.45, 2.75) is 33.7 Å². The molecule has 0 bridgehead atoms. The summed E-state index contributed by atoms with van der Waals surface area (Å²) in [6.45, 7) is 8.28.